The lowest BCUT2D eigenvalue weighted by Crippen LogP contribution is -2.42. The topological polar surface area (TPSA) is 109 Å². The molecule has 7 nitrogen and oxygen atoms in total. The van der Waals surface area contributed by atoms with Crippen LogP contribution in [0.5, 0.6) is 0 Å². The van der Waals surface area contributed by atoms with E-state index in [0.717, 1.165) is 0 Å². The van der Waals surface area contributed by atoms with Gasteiger partial charge in [-0.2, -0.15) is 0 Å². The molecule has 2 N–H and O–H groups in total. The standard InChI is InChI=1S/C16H19ClN2O5S/c17-12-3-1-11(2-4-12)14(20)5-6-15(21)18-9-16(22)19-13-7-8-25(23,24)10-13/h1-4,13H,5-10H2,(H,18,21)(H,19,22). The highest BCUT2D eigenvalue weighted by atomic mass is 35.5. The lowest BCUT2D eigenvalue weighted by molar-refractivity contribution is -0.126. The van der Waals surface area contributed by atoms with Crippen molar-refractivity contribution in [2.45, 2.75) is 25.3 Å². The molecule has 1 unspecified atom stereocenters. The van der Waals surface area contributed by atoms with Crippen LogP contribution in [0.4, 0.5) is 0 Å². The van der Waals surface area contributed by atoms with Gasteiger partial charge in [-0.1, -0.05) is 11.6 Å². The Morgan fingerprint density at radius 1 is 1.08 bits per heavy atom. The molecule has 0 aliphatic carbocycles. The van der Waals surface area contributed by atoms with Gasteiger partial charge in [-0.25, -0.2) is 8.42 Å². The molecule has 1 heterocycles. The Balaban J connectivity index is 1.67. The summed E-state index contributed by atoms with van der Waals surface area (Å²) in [5.74, 6) is -1.05. The Labute approximate surface area is 151 Å². The van der Waals surface area contributed by atoms with Crippen LogP contribution in [0.15, 0.2) is 24.3 Å². The predicted molar refractivity (Wildman–Crippen MR) is 93.2 cm³/mol. The predicted octanol–water partition coefficient (Wildman–Crippen LogP) is 0.722. The van der Waals surface area contributed by atoms with Crippen LogP contribution in [0.3, 0.4) is 0 Å². The Morgan fingerprint density at radius 3 is 2.36 bits per heavy atom. The third kappa shape index (κ3) is 6.47. The molecule has 0 saturated carbocycles. The van der Waals surface area contributed by atoms with Crippen molar-refractivity contribution in [1.29, 1.82) is 0 Å². The van der Waals surface area contributed by atoms with Gasteiger partial charge < -0.3 is 10.6 Å². The fourth-order valence-corrected chi connectivity index (χ4v) is 4.26. The summed E-state index contributed by atoms with van der Waals surface area (Å²) in [5.41, 5.74) is 0.470. The van der Waals surface area contributed by atoms with Gasteiger partial charge in [0, 0.05) is 29.5 Å². The van der Waals surface area contributed by atoms with Gasteiger partial charge in [0.1, 0.15) is 0 Å². The Hall–Kier alpha value is -1.93. The van der Waals surface area contributed by atoms with E-state index in [0.29, 0.717) is 17.0 Å². The molecule has 1 aliphatic rings. The van der Waals surface area contributed by atoms with Gasteiger partial charge in [0.2, 0.25) is 11.8 Å². The van der Waals surface area contributed by atoms with Crippen LogP contribution in [0.2, 0.25) is 5.02 Å². The van der Waals surface area contributed by atoms with Crippen LogP contribution in [-0.2, 0) is 19.4 Å². The quantitative estimate of drug-likeness (QED) is 0.671. The number of amides is 2. The summed E-state index contributed by atoms with van der Waals surface area (Å²) in [6, 6.07) is 5.98. The van der Waals surface area contributed by atoms with E-state index in [1.807, 2.05) is 0 Å². The number of sulfone groups is 1. The van der Waals surface area contributed by atoms with E-state index < -0.39 is 27.7 Å². The minimum atomic E-state index is -3.07. The minimum absolute atomic E-state index is 0.0238. The Morgan fingerprint density at radius 2 is 1.76 bits per heavy atom. The first kappa shape index (κ1) is 19.4. The number of halogens is 1. The normalized spacial score (nSPS) is 18.5. The monoisotopic (exact) mass is 386 g/mol. The van der Waals surface area contributed by atoms with Crippen molar-refractivity contribution in [3.05, 3.63) is 34.9 Å². The lowest BCUT2D eigenvalue weighted by atomic mass is 10.1. The average molecular weight is 387 g/mol. The highest BCUT2D eigenvalue weighted by molar-refractivity contribution is 7.91. The van der Waals surface area contributed by atoms with E-state index in [1.54, 1.807) is 24.3 Å². The van der Waals surface area contributed by atoms with Crippen molar-refractivity contribution in [3.63, 3.8) is 0 Å². The van der Waals surface area contributed by atoms with E-state index in [-0.39, 0.29) is 36.7 Å². The first-order chi connectivity index (χ1) is 11.7. The molecule has 0 aromatic heterocycles. The number of carbonyl (C=O) groups excluding carboxylic acids is 3. The third-order valence-corrected chi connectivity index (χ3v) is 5.81. The van der Waals surface area contributed by atoms with Crippen molar-refractivity contribution in [2.75, 3.05) is 18.1 Å². The van der Waals surface area contributed by atoms with E-state index >= 15 is 0 Å². The van der Waals surface area contributed by atoms with Crippen LogP contribution in [0, 0.1) is 0 Å². The molecule has 0 bridgehead atoms. The Kier molecular flexibility index (Phi) is 6.55. The molecule has 1 aliphatic heterocycles. The van der Waals surface area contributed by atoms with Crippen LogP contribution >= 0.6 is 11.6 Å². The largest absolute Gasteiger partial charge is 0.351 e. The molecule has 1 fully saturated rings. The highest BCUT2D eigenvalue weighted by Gasteiger charge is 2.28. The number of rotatable bonds is 7. The average Bonchev–Trinajstić information content (AvgIpc) is 2.90. The van der Waals surface area contributed by atoms with Crippen molar-refractivity contribution in [1.82, 2.24) is 10.6 Å². The molecular formula is C16H19ClN2O5S. The van der Waals surface area contributed by atoms with Crippen LogP contribution in [-0.4, -0.2) is 50.1 Å². The number of benzene rings is 1. The van der Waals surface area contributed by atoms with E-state index in [1.165, 1.54) is 0 Å². The van der Waals surface area contributed by atoms with Gasteiger partial charge >= 0.3 is 0 Å². The number of ketones is 1. The van der Waals surface area contributed by atoms with Gasteiger partial charge in [-0.05, 0) is 30.7 Å². The maximum absolute atomic E-state index is 11.9. The van der Waals surface area contributed by atoms with Crippen LogP contribution < -0.4 is 10.6 Å². The van der Waals surface area contributed by atoms with Crippen molar-refractivity contribution in [2.24, 2.45) is 0 Å². The number of hydrogen-bond acceptors (Lipinski definition) is 5. The smallest absolute Gasteiger partial charge is 0.239 e. The van der Waals surface area contributed by atoms with Crippen LogP contribution in [0.25, 0.3) is 0 Å². The SMILES string of the molecule is O=C(CCC(=O)c1ccc(Cl)cc1)NCC(=O)NC1CCS(=O)(=O)C1. The Bertz CT molecular complexity index is 761. The molecule has 25 heavy (non-hydrogen) atoms. The van der Waals surface area contributed by atoms with Crippen molar-refractivity contribution >= 4 is 39.0 Å². The summed E-state index contributed by atoms with van der Waals surface area (Å²) < 4.78 is 22.6. The number of Topliss-reactive ketones (excluding diaryl/α,β-unsaturated/α-hetero) is 1. The second-order valence-corrected chi connectivity index (χ2v) is 8.54. The molecule has 2 rings (SSSR count). The third-order valence-electron chi connectivity index (χ3n) is 3.79. The molecule has 2 amide bonds. The molecule has 9 heteroatoms. The van der Waals surface area contributed by atoms with E-state index in [9.17, 15) is 22.8 Å². The molecule has 1 aromatic carbocycles. The highest BCUT2D eigenvalue weighted by Crippen LogP contribution is 2.12. The lowest BCUT2D eigenvalue weighted by Gasteiger charge is -2.11. The first-order valence-corrected chi connectivity index (χ1v) is 10.0. The molecule has 1 saturated heterocycles. The van der Waals surface area contributed by atoms with E-state index in [4.69, 9.17) is 11.6 Å². The summed E-state index contributed by atoms with van der Waals surface area (Å²) in [7, 11) is -3.07. The molecule has 1 aromatic rings. The van der Waals surface area contributed by atoms with Crippen LogP contribution in [0.1, 0.15) is 29.6 Å². The fourth-order valence-electron chi connectivity index (χ4n) is 2.46. The molecule has 1 atom stereocenters. The summed E-state index contributed by atoms with van der Waals surface area (Å²) in [4.78, 5) is 35.4. The fraction of sp³-hybridized carbons (Fsp3) is 0.438. The maximum atomic E-state index is 11.9. The maximum Gasteiger partial charge on any atom is 0.239 e. The van der Waals surface area contributed by atoms with Gasteiger partial charge in [-0.3, -0.25) is 14.4 Å². The zero-order chi connectivity index (χ0) is 18.4. The number of hydrogen-bond donors (Lipinski definition) is 2. The zero-order valence-electron chi connectivity index (χ0n) is 13.5. The minimum Gasteiger partial charge on any atom is -0.351 e. The van der Waals surface area contributed by atoms with Crippen molar-refractivity contribution < 1.29 is 22.8 Å². The van der Waals surface area contributed by atoms with Gasteiger partial charge in [0.05, 0.1) is 18.1 Å². The van der Waals surface area contributed by atoms with Gasteiger partial charge in [-0.15, -0.1) is 0 Å². The van der Waals surface area contributed by atoms with E-state index in [2.05, 4.69) is 10.6 Å². The van der Waals surface area contributed by atoms with Crippen molar-refractivity contribution in [3.8, 4) is 0 Å². The molecule has 0 spiro atoms. The molecule has 0 radical (unpaired) electrons. The summed E-state index contributed by atoms with van der Waals surface area (Å²) in [5, 5.41) is 5.52. The summed E-state index contributed by atoms with van der Waals surface area (Å²) in [6.45, 7) is -0.246. The number of carbonyl (C=O) groups is 3. The molecular weight excluding hydrogens is 368 g/mol. The number of nitrogens with one attached hydrogen (secondary N) is 2. The summed E-state index contributed by atoms with van der Waals surface area (Å²) >= 11 is 5.74. The van der Waals surface area contributed by atoms with Gasteiger partial charge in [0.15, 0.2) is 15.6 Å². The second-order valence-electron chi connectivity index (χ2n) is 5.87. The second kappa shape index (κ2) is 8.44. The summed E-state index contributed by atoms with van der Waals surface area (Å²) in [6.07, 6.45) is 0.375. The first-order valence-electron chi connectivity index (χ1n) is 7.80. The van der Waals surface area contributed by atoms with Gasteiger partial charge in [0.25, 0.3) is 0 Å². The zero-order valence-corrected chi connectivity index (χ0v) is 15.0. The molecule has 136 valence electrons.